The van der Waals surface area contributed by atoms with Crippen molar-refractivity contribution in [2.24, 2.45) is 5.92 Å². The molecule has 0 spiro atoms. The van der Waals surface area contributed by atoms with Crippen molar-refractivity contribution in [3.8, 4) is 0 Å². The van der Waals surface area contributed by atoms with E-state index in [4.69, 9.17) is 4.74 Å². The molecule has 0 radical (unpaired) electrons. The van der Waals surface area contributed by atoms with Crippen LogP contribution < -0.4 is 5.32 Å². The van der Waals surface area contributed by atoms with Crippen LogP contribution in [0.4, 0.5) is 5.69 Å². The topological polar surface area (TPSA) is 92.8 Å². The Morgan fingerprint density at radius 2 is 2.00 bits per heavy atom. The Morgan fingerprint density at radius 1 is 1.23 bits per heavy atom. The third-order valence-corrected chi connectivity index (χ3v) is 8.80. The second-order valence-corrected chi connectivity index (χ2v) is 11.2. The van der Waals surface area contributed by atoms with Crippen molar-refractivity contribution < 1.29 is 22.7 Å². The van der Waals surface area contributed by atoms with Gasteiger partial charge in [-0.05, 0) is 67.9 Å². The van der Waals surface area contributed by atoms with E-state index in [1.165, 1.54) is 38.2 Å². The predicted molar refractivity (Wildman–Crippen MR) is 119 cm³/mol. The normalized spacial score (nSPS) is 19.1. The van der Waals surface area contributed by atoms with Crippen LogP contribution in [0.5, 0.6) is 0 Å². The molecule has 31 heavy (non-hydrogen) atoms. The lowest BCUT2D eigenvalue weighted by atomic mass is 9.90. The maximum absolute atomic E-state index is 12.7. The van der Waals surface area contributed by atoms with Gasteiger partial charge in [0, 0.05) is 23.7 Å². The molecule has 1 atom stereocenters. The van der Waals surface area contributed by atoms with Crippen LogP contribution >= 0.6 is 11.3 Å². The standard InChI is InChI=1S/C22H26N2O5S2/c1-15-7-8-19-16(11-15)12-20(30-19)22(26)29-14-21(25)23-17-5-4-6-18(13-17)31(27,28)24-9-2-3-10-24/h4-6,12-13,15H,2-3,7-11,14H2,1H3,(H,23,25). The van der Waals surface area contributed by atoms with Crippen LogP contribution in [0, 0.1) is 5.92 Å². The molecule has 7 nitrogen and oxygen atoms in total. The van der Waals surface area contributed by atoms with Crippen LogP contribution in [0.2, 0.25) is 0 Å². The summed E-state index contributed by atoms with van der Waals surface area (Å²) in [6.45, 7) is 2.80. The fourth-order valence-electron chi connectivity index (χ4n) is 4.02. The SMILES string of the molecule is CC1CCc2sc(C(=O)OCC(=O)Nc3cccc(S(=O)(=O)N4CCCC4)c3)cc2C1. The highest BCUT2D eigenvalue weighted by Crippen LogP contribution is 2.32. The number of aryl methyl sites for hydroxylation is 1. The van der Waals surface area contributed by atoms with E-state index < -0.39 is 28.5 Å². The summed E-state index contributed by atoms with van der Waals surface area (Å²) >= 11 is 1.44. The van der Waals surface area contributed by atoms with E-state index >= 15 is 0 Å². The molecule has 1 aromatic carbocycles. The molecule has 9 heteroatoms. The minimum absolute atomic E-state index is 0.141. The molecule has 1 amide bonds. The number of hydrogen-bond acceptors (Lipinski definition) is 6. The van der Waals surface area contributed by atoms with Gasteiger partial charge < -0.3 is 10.1 Å². The number of carbonyl (C=O) groups is 2. The quantitative estimate of drug-likeness (QED) is 0.664. The van der Waals surface area contributed by atoms with E-state index in [-0.39, 0.29) is 4.90 Å². The van der Waals surface area contributed by atoms with Crippen LogP contribution in [-0.4, -0.2) is 44.3 Å². The highest BCUT2D eigenvalue weighted by Gasteiger charge is 2.27. The number of benzene rings is 1. The Morgan fingerprint density at radius 3 is 2.77 bits per heavy atom. The molecule has 2 aromatic rings. The largest absolute Gasteiger partial charge is 0.451 e. The van der Waals surface area contributed by atoms with Crippen molar-refractivity contribution in [1.82, 2.24) is 4.31 Å². The Hall–Kier alpha value is -2.23. The summed E-state index contributed by atoms with van der Waals surface area (Å²) in [6.07, 6.45) is 4.78. The number of thiophene rings is 1. The Bertz CT molecular complexity index is 1090. The van der Waals surface area contributed by atoms with Crippen LogP contribution in [0.25, 0.3) is 0 Å². The Balaban J connectivity index is 1.34. The molecule has 1 fully saturated rings. The van der Waals surface area contributed by atoms with Crippen LogP contribution in [0.15, 0.2) is 35.2 Å². The van der Waals surface area contributed by atoms with Gasteiger partial charge in [0.1, 0.15) is 4.88 Å². The molecule has 0 bridgehead atoms. The molecule has 0 saturated carbocycles. The number of fused-ring (bicyclic) bond motifs is 1. The number of rotatable bonds is 6. The number of sulfonamides is 1. The van der Waals surface area contributed by atoms with Gasteiger partial charge in [0.2, 0.25) is 10.0 Å². The Kier molecular flexibility index (Phi) is 6.45. The monoisotopic (exact) mass is 462 g/mol. The summed E-state index contributed by atoms with van der Waals surface area (Å²) in [7, 11) is -3.57. The summed E-state index contributed by atoms with van der Waals surface area (Å²) in [4.78, 5) is 26.5. The molecule has 1 aliphatic heterocycles. The van der Waals surface area contributed by atoms with Gasteiger partial charge in [-0.3, -0.25) is 4.79 Å². The number of esters is 1. The number of nitrogens with one attached hydrogen (secondary N) is 1. The van der Waals surface area contributed by atoms with Gasteiger partial charge in [0.05, 0.1) is 4.90 Å². The van der Waals surface area contributed by atoms with Gasteiger partial charge in [-0.15, -0.1) is 11.3 Å². The smallest absolute Gasteiger partial charge is 0.348 e. The predicted octanol–water partition coefficient (Wildman–Crippen LogP) is 3.45. The van der Waals surface area contributed by atoms with Gasteiger partial charge in [0.15, 0.2) is 6.61 Å². The van der Waals surface area contributed by atoms with Gasteiger partial charge >= 0.3 is 5.97 Å². The molecule has 2 heterocycles. The van der Waals surface area contributed by atoms with Crippen LogP contribution in [-0.2, 0) is 32.4 Å². The summed E-state index contributed by atoms with van der Waals surface area (Å²) in [6, 6.07) is 8.02. The van der Waals surface area contributed by atoms with Crippen molar-refractivity contribution in [3.63, 3.8) is 0 Å². The number of hydrogen-bond donors (Lipinski definition) is 1. The lowest BCUT2D eigenvalue weighted by molar-refractivity contribution is -0.119. The van der Waals surface area contributed by atoms with Crippen molar-refractivity contribution in [2.75, 3.05) is 25.0 Å². The van der Waals surface area contributed by atoms with E-state index in [9.17, 15) is 18.0 Å². The first-order valence-electron chi connectivity index (χ1n) is 10.5. The first-order valence-corrected chi connectivity index (χ1v) is 12.8. The number of anilines is 1. The van der Waals surface area contributed by atoms with Gasteiger partial charge in [0.25, 0.3) is 5.91 Å². The molecule has 166 valence electrons. The first-order chi connectivity index (χ1) is 14.8. The van der Waals surface area contributed by atoms with Crippen molar-refractivity contribution in [1.29, 1.82) is 0 Å². The maximum Gasteiger partial charge on any atom is 0.348 e. The minimum Gasteiger partial charge on any atom is -0.451 e. The summed E-state index contributed by atoms with van der Waals surface area (Å²) in [5.74, 6) is -0.409. The summed E-state index contributed by atoms with van der Waals surface area (Å²) < 4.78 is 32.0. The molecule has 2 aliphatic rings. The number of ether oxygens (including phenoxy) is 1. The molecule has 4 rings (SSSR count). The number of nitrogens with zero attached hydrogens (tertiary/aromatic N) is 1. The lowest BCUT2D eigenvalue weighted by Gasteiger charge is -2.16. The van der Waals surface area contributed by atoms with Crippen LogP contribution in [0.1, 0.15) is 46.3 Å². The zero-order valence-corrected chi connectivity index (χ0v) is 19.1. The van der Waals surface area contributed by atoms with E-state index in [1.54, 1.807) is 12.1 Å². The molecule has 1 saturated heterocycles. The van der Waals surface area contributed by atoms with Crippen LogP contribution in [0.3, 0.4) is 0 Å². The summed E-state index contributed by atoms with van der Waals surface area (Å²) in [5.41, 5.74) is 1.55. The average molecular weight is 463 g/mol. The van der Waals surface area contributed by atoms with E-state index in [0.29, 0.717) is 29.6 Å². The third kappa shape index (κ3) is 4.99. The lowest BCUT2D eigenvalue weighted by Crippen LogP contribution is -2.28. The molecule has 1 aromatic heterocycles. The Labute approximate surface area is 186 Å². The zero-order chi connectivity index (χ0) is 22.0. The van der Waals surface area contributed by atoms with Crippen molar-refractivity contribution in [2.45, 2.75) is 43.9 Å². The number of carbonyl (C=O) groups excluding carboxylic acids is 2. The summed E-state index contributed by atoms with van der Waals surface area (Å²) in [5, 5.41) is 2.61. The van der Waals surface area contributed by atoms with Gasteiger partial charge in [-0.25, -0.2) is 13.2 Å². The highest BCUT2D eigenvalue weighted by atomic mass is 32.2. The highest BCUT2D eigenvalue weighted by molar-refractivity contribution is 7.89. The first kappa shape index (κ1) is 22.0. The maximum atomic E-state index is 12.7. The molecule has 1 aliphatic carbocycles. The fraction of sp³-hybridized carbons (Fsp3) is 0.455. The van der Waals surface area contributed by atoms with Gasteiger partial charge in [-0.2, -0.15) is 4.31 Å². The van der Waals surface area contributed by atoms with Crippen molar-refractivity contribution in [3.05, 3.63) is 45.6 Å². The average Bonchev–Trinajstić information content (AvgIpc) is 3.42. The minimum atomic E-state index is -3.57. The second kappa shape index (κ2) is 9.10. The van der Waals surface area contributed by atoms with Gasteiger partial charge in [-0.1, -0.05) is 13.0 Å². The molecule has 1 N–H and O–H groups in total. The van der Waals surface area contributed by atoms with E-state index in [1.807, 2.05) is 6.07 Å². The third-order valence-electron chi connectivity index (χ3n) is 5.69. The second-order valence-electron chi connectivity index (χ2n) is 8.17. The van der Waals surface area contributed by atoms with E-state index in [2.05, 4.69) is 12.2 Å². The zero-order valence-electron chi connectivity index (χ0n) is 17.4. The van der Waals surface area contributed by atoms with E-state index in [0.717, 1.165) is 32.1 Å². The molecule has 1 unspecified atom stereocenters. The fourth-order valence-corrected chi connectivity index (χ4v) is 6.68. The molecular formula is C22H26N2O5S2. The number of amides is 1. The van der Waals surface area contributed by atoms with Crippen molar-refractivity contribution >= 4 is 38.9 Å². The molecular weight excluding hydrogens is 436 g/mol.